The molecule has 1 fully saturated rings. The summed E-state index contributed by atoms with van der Waals surface area (Å²) in [4.78, 5) is 21.9. The third-order valence-electron chi connectivity index (χ3n) is 7.87. The van der Waals surface area contributed by atoms with Crippen molar-refractivity contribution in [3.05, 3.63) is 52.2 Å². The lowest BCUT2D eigenvalue weighted by Crippen LogP contribution is -2.26. The van der Waals surface area contributed by atoms with Gasteiger partial charge in [0.15, 0.2) is 0 Å². The molecule has 2 heterocycles. The van der Waals surface area contributed by atoms with Crippen molar-refractivity contribution >= 4 is 11.6 Å². The Balaban J connectivity index is 1.37. The van der Waals surface area contributed by atoms with Gasteiger partial charge >= 0.3 is 6.11 Å². The second kappa shape index (κ2) is 12.7. The van der Waals surface area contributed by atoms with Crippen LogP contribution in [0.4, 0.5) is 27.8 Å². The lowest BCUT2D eigenvalue weighted by atomic mass is 9.82. The highest BCUT2D eigenvalue weighted by Crippen LogP contribution is 2.35. The summed E-state index contributed by atoms with van der Waals surface area (Å²) in [7, 11) is 0. The number of ether oxygens (including phenoxy) is 1. The molecule has 1 N–H and O–H groups in total. The van der Waals surface area contributed by atoms with Gasteiger partial charge in [0.25, 0.3) is 6.43 Å². The lowest BCUT2D eigenvalue weighted by Gasteiger charge is -2.28. The van der Waals surface area contributed by atoms with Crippen LogP contribution in [0.3, 0.4) is 0 Å². The highest BCUT2D eigenvalue weighted by atomic mass is 19.3. The SMILES string of the molecule is Cc1nc2c(c(N[C@H](C)c3cccc(C(F)F)c3F)n1)CC(CCC(=O)CC1CCCC(F)(F)OCC1)CC2. The van der Waals surface area contributed by atoms with Crippen LogP contribution in [-0.2, 0) is 22.4 Å². The van der Waals surface area contributed by atoms with Crippen molar-refractivity contribution in [2.24, 2.45) is 11.8 Å². The minimum absolute atomic E-state index is 0.0334. The molecule has 1 aliphatic carbocycles. The van der Waals surface area contributed by atoms with Crippen LogP contribution in [0, 0.1) is 24.6 Å². The fraction of sp³-hybridized carbons (Fsp3) is 0.621. The molecule has 214 valence electrons. The van der Waals surface area contributed by atoms with E-state index in [1.165, 1.54) is 12.1 Å². The molecule has 0 radical (unpaired) electrons. The van der Waals surface area contributed by atoms with E-state index < -0.39 is 30.0 Å². The predicted octanol–water partition coefficient (Wildman–Crippen LogP) is 7.68. The number of carbonyl (C=O) groups excluding carboxylic acids is 1. The first-order valence-electron chi connectivity index (χ1n) is 13.7. The van der Waals surface area contributed by atoms with Crippen LogP contribution in [0.2, 0.25) is 0 Å². The first-order valence-corrected chi connectivity index (χ1v) is 13.7. The van der Waals surface area contributed by atoms with Gasteiger partial charge in [-0.3, -0.25) is 4.79 Å². The Hall–Kier alpha value is -2.62. The van der Waals surface area contributed by atoms with Crippen LogP contribution in [-0.4, -0.2) is 28.5 Å². The topological polar surface area (TPSA) is 64.1 Å². The molecular weight excluding hydrogens is 517 g/mol. The summed E-state index contributed by atoms with van der Waals surface area (Å²) in [5.74, 6) is 0.655. The van der Waals surface area contributed by atoms with Gasteiger partial charge in [-0.05, 0) is 70.6 Å². The number of alkyl halides is 4. The van der Waals surface area contributed by atoms with Crippen molar-refractivity contribution in [1.82, 2.24) is 9.97 Å². The maximum atomic E-state index is 14.8. The van der Waals surface area contributed by atoms with Crippen LogP contribution in [0.1, 0.15) is 99.0 Å². The summed E-state index contributed by atoms with van der Waals surface area (Å²) < 4.78 is 72.6. The highest BCUT2D eigenvalue weighted by molar-refractivity contribution is 5.78. The number of nitrogens with one attached hydrogen (secondary N) is 1. The first-order chi connectivity index (χ1) is 18.5. The Morgan fingerprint density at radius 3 is 2.69 bits per heavy atom. The number of benzene rings is 1. The first kappa shape index (κ1) is 29.4. The number of aromatic nitrogens is 2. The molecule has 1 aromatic heterocycles. The molecule has 39 heavy (non-hydrogen) atoms. The molecule has 2 unspecified atom stereocenters. The van der Waals surface area contributed by atoms with Crippen LogP contribution in [0.15, 0.2) is 18.2 Å². The number of Topliss-reactive ketones (excluding diaryl/α,β-unsaturated/α-hetero) is 1. The number of nitrogens with zero attached hydrogens (tertiary/aromatic N) is 2. The average molecular weight is 554 g/mol. The van der Waals surface area contributed by atoms with Crippen molar-refractivity contribution in [2.45, 2.75) is 96.6 Å². The van der Waals surface area contributed by atoms with Crippen molar-refractivity contribution in [3.63, 3.8) is 0 Å². The van der Waals surface area contributed by atoms with Gasteiger partial charge in [-0.25, -0.2) is 23.1 Å². The molecular formula is C29H36F5N3O2. The molecule has 1 saturated heterocycles. The number of hydrogen-bond donors (Lipinski definition) is 1. The lowest BCUT2D eigenvalue weighted by molar-refractivity contribution is -0.248. The molecule has 0 saturated carbocycles. The van der Waals surface area contributed by atoms with Crippen LogP contribution < -0.4 is 5.32 Å². The van der Waals surface area contributed by atoms with E-state index >= 15 is 0 Å². The van der Waals surface area contributed by atoms with E-state index in [1.54, 1.807) is 13.8 Å². The Bertz CT molecular complexity index is 1150. The van der Waals surface area contributed by atoms with Gasteiger partial charge in [0, 0.05) is 36.1 Å². The molecule has 0 amide bonds. The molecule has 2 aromatic rings. The van der Waals surface area contributed by atoms with E-state index in [0.717, 1.165) is 30.2 Å². The monoisotopic (exact) mass is 553 g/mol. The van der Waals surface area contributed by atoms with Gasteiger partial charge in [-0.15, -0.1) is 0 Å². The van der Waals surface area contributed by atoms with Crippen LogP contribution in [0.25, 0.3) is 0 Å². The molecule has 3 atom stereocenters. The second-order valence-electron chi connectivity index (χ2n) is 10.9. The van der Waals surface area contributed by atoms with Crippen LogP contribution in [0.5, 0.6) is 0 Å². The quantitative estimate of drug-likeness (QED) is 0.323. The van der Waals surface area contributed by atoms with E-state index in [9.17, 15) is 26.7 Å². The van der Waals surface area contributed by atoms with Crippen molar-refractivity contribution < 1.29 is 31.5 Å². The number of anilines is 1. The third kappa shape index (κ3) is 7.74. The highest BCUT2D eigenvalue weighted by Gasteiger charge is 2.32. The molecule has 1 aliphatic heterocycles. The van der Waals surface area contributed by atoms with Crippen molar-refractivity contribution in [2.75, 3.05) is 11.9 Å². The number of ketones is 1. The zero-order chi connectivity index (χ0) is 28.2. The average Bonchev–Trinajstić information content (AvgIpc) is 2.86. The molecule has 2 aliphatic rings. The number of fused-ring (bicyclic) bond motifs is 1. The molecule has 0 bridgehead atoms. The molecule has 1 aromatic carbocycles. The Kier molecular flexibility index (Phi) is 9.56. The summed E-state index contributed by atoms with van der Waals surface area (Å²) in [5, 5.41) is 3.22. The fourth-order valence-electron chi connectivity index (χ4n) is 5.71. The van der Waals surface area contributed by atoms with Gasteiger partial charge in [0.1, 0.15) is 23.2 Å². The third-order valence-corrected chi connectivity index (χ3v) is 7.87. The number of rotatable bonds is 9. The maximum Gasteiger partial charge on any atom is 0.355 e. The number of halogens is 5. The number of carbonyl (C=O) groups is 1. The Morgan fingerprint density at radius 2 is 1.92 bits per heavy atom. The molecule has 4 rings (SSSR count). The fourth-order valence-corrected chi connectivity index (χ4v) is 5.71. The zero-order valence-corrected chi connectivity index (χ0v) is 22.4. The molecule has 5 nitrogen and oxygen atoms in total. The summed E-state index contributed by atoms with van der Waals surface area (Å²) in [6.07, 6.45) is -1.10. The second-order valence-corrected chi connectivity index (χ2v) is 10.9. The smallest absolute Gasteiger partial charge is 0.355 e. The standard InChI is InChI=1S/C29H36F5N3O2/c1-17(22-6-3-7-23(26(22)30)27(31)32)35-28-24-16-20(9-11-25(24)36-18(2)37-28)8-10-21(38)15-19-5-4-13-29(33,34)39-14-12-19/h3,6-7,17,19-20,27H,4-5,8-16H2,1-2H3,(H,35,36,37)/t17-,19?,20?/m1/s1. The Labute approximate surface area is 226 Å². The van der Waals surface area contributed by atoms with Gasteiger partial charge in [-0.1, -0.05) is 18.2 Å². The van der Waals surface area contributed by atoms with Gasteiger partial charge < -0.3 is 10.1 Å². The van der Waals surface area contributed by atoms with E-state index in [0.29, 0.717) is 56.6 Å². The van der Waals surface area contributed by atoms with E-state index in [-0.39, 0.29) is 36.2 Å². The maximum absolute atomic E-state index is 14.8. The van der Waals surface area contributed by atoms with Crippen LogP contribution >= 0.6 is 0 Å². The summed E-state index contributed by atoms with van der Waals surface area (Å²) in [5.41, 5.74) is 1.34. The largest absolute Gasteiger partial charge is 0.363 e. The van der Waals surface area contributed by atoms with E-state index in [4.69, 9.17) is 0 Å². The number of hydrogen-bond acceptors (Lipinski definition) is 5. The normalized spacial score (nSPS) is 22.1. The van der Waals surface area contributed by atoms with Crippen molar-refractivity contribution in [1.29, 1.82) is 0 Å². The van der Waals surface area contributed by atoms with E-state index in [2.05, 4.69) is 20.0 Å². The minimum Gasteiger partial charge on any atom is -0.363 e. The van der Waals surface area contributed by atoms with Gasteiger partial charge in [0.05, 0.1) is 18.2 Å². The summed E-state index contributed by atoms with van der Waals surface area (Å²) >= 11 is 0. The van der Waals surface area contributed by atoms with E-state index in [1.807, 2.05) is 0 Å². The molecule has 0 spiro atoms. The Morgan fingerprint density at radius 1 is 1.15 bits per heavy atom. The zero-order valence-electron chi connectivity index (χ0n) is 22.4. The predicted molar refractivity (Wildman–Crippen MR) is 137 cm³/mol. The molecule has 10 heteroatoms. The van der Waals surface area contributed by atoms with Crippen molar-refractivity contribution in [3.8, 4) is 0 Å². The van der Waals surface area contributed by atoms with Gasteiger partial charge in [0.2, 0.25) is 0 Å². The summed E-state index contributed by atoms with van der Waals surface area (Å²) in [6, 6.07) is 3.39. The summed E-state index contributed by atoms with van der Waals surface area (Å²) in [6.45, 7) is 3.45. The van der Waals surface area contributed by atoms with Gasteiger partial charge in [-0.2, -0.15) is 8.78 Å². The minimum atomic E-state index is -3.07. The number of aryl methyl sites for hydroxylation is 2.